The summed E-state index contributed by atoms with van der Waals surface area (Å²) in [5.74, 6) is 1.09. The summed E-state index contributed by atoms with van der Waals surface area (Å²) in [6.07, 6.45) is -4.52. The highest BCUT2D eigenvalue weighted by molar-refractivity contribution is 6.30. The van der Waals surface area contributed by atoms with Gasteiger partial charge in [0.2, 0.25) is 0 Å². The summed E-state index contributed by atoms with van der Waals surface area (Å²) in [5.41, 5.74) is 0.0700. The van der Waals surface area contributed by atoms with E-state index in [-0.39, 0.29) is 31.7 Å². The molecule has 0 aromatic heterocycles. The standard InChI is InChI=1S/C29H28ClF3N4O4/c30-22-4-8-24(9-5-22)41-25-10-6-23(7-11-25)37-26(20-2-1-3-21(18-20)29(31,32)33)19-36(28(37)39)13-12-34-27(38)35-14-16-40-17-15-35/h1-11,18,26H,12-17,19H2,(H,34,38). The van der Waals surface area contributed by atoms with Crippen molar-refractivity contribution in [1.29, 1.82) is 0 Å². The van der Waals surface area contributed by atoms with Crippen LogP contribution >= 0.6 is 11.6 Å². The van der Waals surface area contributed by atoms with E-state index in [1.165, 1.54) is 15.9 Å². The Labute approximate surface area is 240 Å². The molecule has 0 aliphatic carbocycles. The predicted molar refractivity (Wildman–Crippen MR) is 147 cm³/mol. The average molecular weight is 589 g/mol. The second-order valence-corrected chi connectivity index (χ2v) is 10.1. The van der Waals surface area contributed by atoms with Gasteiger partial charge < -0.3 is 24.6 Å². The second-order valence-electron chi connectivity index (χ2n) is 9.62. The van der Waals surface area contributed by atoms with Crippen LogP contribution in [-0.2, 0) is 10.9 Å². The summed E-state index contributed by atoms with van der Waals surface area (Å²) in [6.45, 7) is 2.44. The minimum Gasteiger partial charge on any atom is -0.457 e. The molecule has 41 heavy (non-hydrogen) atoms. The normalized spacial score (nSPS) is 17.6. The lowest BCUT2D eigenvalue weighted by Gasteiger charge is -2.27. The number of nitrogens with zero attached hydrogens (tertiary/aromatic N) is 3. The molecule has 12 heteroatoms. The van der Waals surface area contributed by atoms with Gasteiger partial charge in [-0.3, -0.25) is 4.90 Å². The first-order chi connectivity index (χ1) is 19.7. The number of nitrogens with one attached hydrogen (secondary N) is 1. The number of ether oxygens (including phenoxy) is 2. The number of amides is 4. The van der Waals surface area contributed by atoms with Gasteiger partial charge in [-0.2, -0.15) is 13.2 Å². The van der Waals surface area contributed by atoms with Crippen molar-refractivity contribution in [1.82, 2.24) is 15.1 Å². The van der Waals surface area contributed by atoms with Crippen LogP contribution in [0.25, 0.3) is 0 Å². The Bertz CT molecular complexity index is 1370. The molecule has 0 radical (unpaired) electrons. The largest absolute Gasteiger partial charge is 0.457 e. The first-order valence-electron chi connectivity index (χ1n) is 13.1. The van der Waals surface area contributed by atoms with Gasteiger partial charge in [-0.1, -0.05) is 23.7 Å². The average Bonchev–Trinajstić information content (AvgIpc) is 3.30. The third-order valence-electron chi connectivity index (χ3n) is 6.90. The summed E-state index contributed by atoms with van der Waals surface area (Å²) in [4.78, 5) is 30.7. The van der Waals surface area contributed by atoms with Crippen LogP contribution in [0.4, 0.5) is 28.4 Å². The van der Waals surface area contributed by atoms with E-state index in [1.54, 1.807) is 59.5 Å². The number of halogens is 4. The first-order valence-corrected chi connectivity index (χ1v) is 13.5. The molecule has 1 N–H and O–H groups in total. The maximum absolute atomic E-state index is 13.6. The molecule has 4 amide bonds. The van der Waals surface area contributed by atoms with Gasteiger partial charge in [0.15, 0.2) is 0 Å². The topological polar surface area (TPSA) is 74.4 Å². The monoisotopic (exact) mass is 588 g/mol. The van der Waals surface area contributed by atoms with Crippen molar-refractivity contribution in [3.8, 4) is 11.5 Å². The molecule has 0 spiro atoms. The molecule has 2 aliphatic rings. The molecular formula is C29H28ClF3N4O4. The lowest BCUT2D eigenvalue weighted by molar-refractivity contribution is -0.137. The molecule has 216 valence electrons. The van der Waals surface area contributed by atoms with Crippen molar-refractivity contribution in [3.63, 3.8) is 0 Å². The maximum atomic E-state index is 13.6. The lowest BCUT2D eigenvalue weighted by atomic mass is 10.0. The van der Waals surface area contributed by atoms with E-state index in [9.17, 15) is 22.8 Å². The third kappa shape index (κ3) is 6.86. The zero-order valence-corrected chi connectivity index (χ0v) is 22.7. The van der Waals surface area contributed by atoms with E-state index in [0.29, 0.717) is 54.1 Å². The number of anilines is 1. The Kier molecular flexibility index (Phi) is 8.55. The quantitative estimate of drug-likeness (QED) is 0.358. The van der Waals surface area contributed by atoms with E-state index in [1.807, 2.05) is 0 Å². The fourth-order valence-electron chi connectivity index (χ4n) is 4.80. The maximum Gasteiger partial charge on any atom is 0.416 e. The number of hydrogen-bond donors (Lipinski definition) is 1. The van der Waals surface area contributed by atoms with Crippen LogP contribution in [0.3, 0.4) is 0 Å². The molecule has 3 aromatic rings. The molecule has 3 aromatic carbocycles. The van der Waals surface area contributed by atoms with Crippen LogP contribution in [0.15, 0.2) is 72.8 Å². The molecular weight excluding hydrogens is 561 g/mol. The molecule has 2 fully saturated rings. The number of hydrogen-bond acceptors (Lipinski definition) is 4. The van der Waals surface area contributed by atoms with E-state index in [4.69, 9.17) is 21.1 Å². The van der Waals surface area contributed by atoms with Crippen LogP contribution in [0.1, 0.15) is 17.2 Å². The Balaban J connectivity index is 1.34. The van der Waals surface area contributed by atoms with Gasteiger partial charge in [-0.25, -0.2) is 9.59 Å². The molecule has 0 saturated carbocycles. The number of carbonyl (C=O) groups is 2. The molecule has 2 aliphatic heterocycles. The van der Waals surface area contributed by atoms with Crippen LogP contribution < -0.4 is 15.0 Å². The molecule has 2 saturated heterocycles. The van der Waals surface area contributed by atoms with Crippen molar-refractivity contribution in [2.24, 2.45) is 0 Å². The summed E-state index contributed by atoms with van der Waals surface area (Å²) in [5, 5.41) is 3.39. The summed E-state index contributed by atoms with van der Waals surface area (Å²) in [7, 11) is 0. The molecule has 1 unspecified atom stereocenters. The molecule has 1 atom stereocenters. The van der Waals surface area contributed by atoms with Crippen molar-refractivity contribution in [2.75, 3.05) is 50.8 Å². The number of carbonyl (C=O) groups excluding carboxylic acids is 2. The number of alkyl halides is 3. The van der Waals surface area contributed by atoms with Crippen molar-refractivity contribution in [3.05, 3.63) is 88.9 Å². The van der Waals surface area contributed by atoms with Crippen LogP contribution in [0, 0.1) is 0 Å². The highest BCUT2D eigenvalue weighted by Crippen LogP contribution is 2.38. The summed E-state index contributed by atoms with van der Waals surface area (Å²) < 4.78 is 51.6. The van der Waals surface area contributed by atoms with Crippen LogP contribution in [0.2, 0.25) is 5.02 Å². The fourth-order valence-corrected chi connectivity index (χ4v) is 4.92. The minimum absolute atomic E-state index is 0.149. The Morgan fingerprint density at radius 3 is 2.32 bits per heavy atom. The van der Waals surface area contributed by atoms with Gasteiger partial charge in [0.1, 0.15) is 11.5 Å². The minimum atomic E-state index is -4.52. The highest BCUT2D eigenvalue weighted by Gasteiger charge is 2.40. The van der Waals surface area contributed by atoms with Crippen molar-refractivity contribution in [2.45, 2.75) is 12.2 Å². The van der Waals surface area contributed by atoms with Crippen molar-refractivity contribution < 1.29 is 32.2 Å². The second kappa shape index (κ2) is 12.3. The highest BCUT2D eigenvalue weighted by atomic mass is 35.5. The molecule has 5 rings (SSSR count). The first kappa shape index (κ1) is 28.6. The van der Waals surface area contributed by atoms with Crippen LogP contribution in [0.5, 0.6) is 11.5 Å². The Morgan fingerprint density at radius 1 is 1.00 bits per heavy atom. The van der Waals surface area contributed by atoms with Gasteiger partial charge in [0, 0.05) is 43.4 Å². The number of morpholine rings is 1. The van der Waals surface area contributed by atoms with Gasteiger partial charge in [0.05, 0.1) is 24.8 Å². The SMILES string of the molecule is O=C(NCCN1CC(c2cccc(C(F)(F)F)c2)N(c2ccc(Oc3ccc(Cl)cc3)cc2)C1=O)N1CCOCC1. The van der Waals surface area contributed by atoms with E-state index < -0.39 is 17.8 Å². The summed E-state index contributed by atoms with van der Waals surface area (Å²) in [6, 6.07) is 17.3. The lowest BCUT2D eigenvalue weighted by Crippen LogP contribution is -2.48. The Hall–Kier alpha value is -3.96. The van der Waals surface area contributed by atoms with Crippen molar-refractivity contribution >= 4 is 29.4 Å². The fraction of sp³-hybridized carbons (Fsp3) is 0.310. The van der Waals surface area contributed by atoms with Gasteiger partial charge in [-0.05, 0) is 66.2 Å². The van der Waals surface area contributed by atoms with Crippen LogP contribution in [-0.4, -0.2) is 67.8 Å². The van der Waals surface area contributed by atoms with E-state index in [0.717, 1.165) is 12.1 Å². The van der Waals surface area contributed by atoms with E-state index >= 15 is 0 Å². The molecule has 8 nitrogen and oxygen atoms in total. The van der Waals surface area contributed by atoms with Gasteiger partial charge >= 0.3 is 18.2 Å². The van der Waals surface area contributed by atoms with Gasteiger partial charge in [0.25, 0.3) is 0 Å². The smallest absolute Gasteiger partial charge is 0.416 e. The third-order valence-corrected chi connectivity index (χ3v) is 7.15. The number of rotatable bonds is 7. The number of urea groups is 2. The Morgan fingerprint density at radius 2 is 1.66 bits per heavy atom. The van der Waals surface area contributed by atoms with E-state index in [2.05, 4.69) is 5.32 Å². The predicted octanol–water partition coefficient (Wildman–Crippen LogP) is 6.18. The zero-order valence-electron chi connectivity index (χ0n) is 21.9. The zero-order chi connectivity index (χ0) is 29.0. The molecule has 0 bridgehead atoms. The summed E-state index contributed by atoms with van der Waals surface area (Å²) >= 11 is 5.93. The number of benzene rings is 3. The molecule has 2 heterocycles. The van der Waals surface area contributed by atoms with Gasteiger partial charge in [-0.15, -0.1) is 0 Å².